The lowest BCUT2D eigenvalue weighted by Gasteiger charge is -2.34. The number of quaternary nitrogens is 1. The number of piperazine rings is 1. The largest absolute Gasteiger partial charge is 0.359 e. The van der Waals surface area contributed by atoms with Gasteiger partial charge in [-0.1, -0.05) is 38.1 Å². The Morgan fingerprint density at radius 1 is 1.04 bits per heavy atom. The number of anilines is 2. The van der Waals surface area contributed by atoms with E-state index < -0.39 is 10.0 Å². The van der Waals surface area contributed by atoms with Gasteiger partial charge in [0.15, 0.2) is 0 Å². The summed E-state index contributed by atoms with van der Waals surface area (Å²) < 4.78 is 28.7. The molecular weight excluding hydrogens is 370 g/mol. The number of rotatable bonds is 7. The molecular formula is C22H32N3O2S+. The zero-order valence-electron chi connectivity index (χ0n) is 17.1. The fraction of sp³-hybridized carbons (Fsp3) is 0.455. The van der Waals surface area contributed by atoms with Crippen LogP contribution in [-0.4, -0.2) is 41.1 Å². The molecule has 2 N–H and O–H groups in total. The van der Waals surface area contributed by atoms with Crippen LogP contribution in [0.3, 0.4) is 0 Å². The molecule has 0 unspecified atom stereocenters. The maximum Gasteiger partial charge on any atom is 0.261 e. The third-order valence-electron chi connectivity index (χ3n) is 5.83. The summed E-state index contributed by atoms with van der Waals surface area (Å²) in [6.07, 6.45) is 1.03. The summed E-state index contributed by atoms with van der Waals surface area (Å²) in [4.78, 5) is 4.17. The Bertz CT molecular complexity index is 873. The first kappa shape index (κ1) is 20.7. The lowest BCUT2D eigenvalue weighted by atomic mass is 9.99. The molecule has 0 amide bonds. The molecule has 2 aromatic rings. The molecule has 28 heavy (non-hydrogen) atoms. The van der Waals surface area contributed by atoms with Crippen LogP contribution >= 0.6 is 0 Å². The molecule has 2 aromatic carbocycles. The molecule has 0 saturated carbocycles. The van der Waals surface area contributed by atoms with E-state index in [2.05, 4.69) is 30.4 Å². The van der Waals surface area contributed by atoms with Crippen molar-refractivity contribution in [2.75, 3.05) is 42.3 Å². The van der Waals surface area contributed by atoms with Gasteiger partial charge in [0.05, 0.1) is 49.0 Å². The van der Waals surface area contributed by atoms with Crippen molar-refractivity contribution in [3.05, 3.63) is 54.1 Å². The van der Waals surface area contributed by atoms with Crippen LogP contribution in [0.4, 0.5) is 11.4 Å². The second-order valence-electron chi connectivity index (χ2n) is 7.59. The van der Waals surface area contributed by atoms with Gasteiger partial charge in [-0.25, -0.2) is 8.42 Å². The summed E-state index contributed by atoms with van der Waals surface area (Å²) in [5.74, 6) is 0.425. The first-order valence-corrected chi connectivity index (χ1v) is 11.7. The SMILES string of the molecule is CC[C@@H](C)c1ccc(S(=O)(=O)Nc2ccccc2N2CC[NH+](CC)CC2)cc1. The van der Waals surface area contributed by atoms with Crippen LogP contribution in [0.15, 0.2) is 53.4 Å². The standard InChI is InChI=1S/C22H31N3O2S/c1-4-18(3)19-10-12-20(13-11-19)28(26,27)23-21-8-6-7-9-22(21)25-16-14-24(5-2)15-17-25/h6-13,18,23H,4-5,14-17H2,1-3H3/p+1/t18-/m1/s1. The highest BCUT2D eigenvalue weighted by Crippen LogP contribution is 2.28. The highest BCUT2D eigenvalue weighted by Gasteiger charge is 2.23. The molecule has 1 heterocycles. The Morgan fingerprint density at radius 2 is 1.68 bits per heavy atom. The van der Waals surface area contributed by atoms with E-state index in [0.717, 1.165) is 50.4 Å². The first-order valence-electron chi connectivity index (χ1n) is 10.2. The Hall–Kier alpha value is -2.05. The summed E-state index contributed by atoms with van der Waals surface area (Å²) in [6, 6.07) is 14.9. The predicted molar refractivity (Wildman–Crippen MR) is 116 cm³/mol. The third kappa shape index (κ3) is 4.67. The van der Waals surface area contributed by atoms with E-state index in [1.54, 1.807) is 17.0 Å². The molecule has 1 saturated heterocycles. The van der Waals surface area contributed by atoms with E-state index in [1.807, 2.05) is 36.4 Å². The minimum atomic E-state index is -3.62. The van der Waals surface area contributed by atoms with Gasteiger partial charge in [0.1, 0.15) is 0 Å². The lowest BCUT2D eigenvalue weighted by molar-refractivity contribution is -0.898. The van der Waals surface area contributed by atoms with E-state index in [9.17, 15) is 8.42 Å². The molecule has 1 aliphatic rings. The van der Waals surface area contributed by atoms with E-state index in [4.69, 9.17) is 0 Å². The normalized spacial score (nSPS) is 16.8. The Balaban J connectivity index is 1.79. The van der Waals surface area contributed by atoms with Gasteiger partial charge >= 0.3 is 0 Å². The van der Waals surface area contributed by atoms with Gasteiger partial charge in [-0.3, -0.25) is 4.72 Å². The van der Waals surface area contributed by atoms with Crippen LogP contribution in [-0.2, 0) is 10.0 Å². The predicted octanol–water partition coefficient (Wildman–Crippen LogP) is 2.73. The quantitative estimate of drug-likeness (QED) is 0.749. The highest BCUT2D eigenvalue weighted by atomic mass is 32.2. The fourth-order valence-electron chi connectivity index (χ4n) is 3.67. The number of nitrogens with zero attached hydrogens (tertiary/aromatic N) is 1. The number of para-hydroxylation sites is 2. The van der Waals surface area contributed by atoms with Crippen molar-refractivity contribution in [1.29, 1.82) is 0 Å². The van der Waals surface area contributed by atoms with Crippen LogP contribution in [0.2, 0.25) is 0 Å². The van der Waals surface area contributed by atoms with Gasteiger partial charge in [0.25, 0.3) is 10.0 Å². The molecule has 0 bridgehead atoms. The summed E-state index contributed by atoms with van der Waals surface area (Å²) in [7, 11) is -3.62. The Kier molecular flexibility index (Phi) is 6.62. The average Bonchev–Trinajstić information content (AvgIpc) is 2.73. The molecule has 0 aromatic heterocycles. The second-order valence-corrected chi connectivity index (χ2v) is 9.27. The summed E-state index contributed by atoms with van der Waals surface area (Å²) in [6.45, 7) is 11.7. The number of likely N-dealkylation sites (N-methyl/N-ethyl adjacent to an activating group) is 1. The van der Waals surface area contributed by atoms with E-state index in [1.165, 1.54) is 0 Å². The summed E-state index contributed by atoms with van der Waals surface area (Å²) in [5.41, 5.74) is 2.77. The zero-order chi connectivity index (χ0) is 20.1. The van der Waals surface area contributed by atoms with Crippen LogP contribution in [0.25, 0.3) is 0 Å². The van der Waals surface area contributed by atoms with Crippen molar-refractivity contribution < 1.29 is 13.3 Å². The van der Waals surface area contributed by atoms with Gasteiger partial charge < -0.3 is 9.80 Å². The smallest absolute Gasteiger partial charge is 0.261 e. The monoisotopic (exact) mass is 402 g/mol. The van der Waals surface area contributed by atoms with Crippen molar-refractivity contribution in [2.24, 2.45) is 0 Å². The van der Waals surface area contributed by atoms with Crippen molar-refractivity contribution in [2.45, 2.75) is 38.0 Å². The van der Waals surface area contributed by atoms with Gasteiger partial charge in [-0.05, 0) is 49.1 Å². The van der Waals surface area contributed by atoms with Gasteiger partial charge in [-0.2, -0.15) is 0 Å². The van der Waals surface area contributed by atoms with E-state index in [-0.39, 0.29) is 0 Å². The van der Waals surface area contributed by atoms with Crippen LogP contribution in [0.1, 0.15) is 38.7 Å². The summed E-state index contributed by atoms with van der Waals surface area (Å²) >= 11 is 0. The van der Waals surface area contributed by atoms with Gasteiger partial charge in [-0.15, -0.1) is 0 Å². The minimum absolute atomic E-state index is 0.301. The van der Waals surface area contributed by atoms with Crippen molar-refractivity contribution >= 4 is 21.4 Å². The molecule has 5 nitrogen and oxygen atoms in total. The first-order chi connectivity index (χ1) is 13.4. The minimum Gasteiger partial charge on any atom is -0.359 e. The highest BCUT2D eigenvalue weighted by molar-refractivity contribution is 7.92. The molecule has 0 aliphatic carbocycles. The van der Waals surface area contributed by atoms with E-state index in [0.29, 0.717) is 16.5 Å². The van der Waals surface area contributed by atoms with Crippen molar-refractivity contribution in [3.8, 4) is 0 Å². The summed E-state index contributed by atoms with van der Waals surface area (Å²) in [5, 5.41) is 0. The molecule has 6 heteroatoms. The molecule has 0 spiro atoms. The molecule has 152 valence electrons. The van der Waals surface area contributed by atoms with Gasteiger partial charge in [0.2, 0.25) is 0 Å². The average molecular weight is 403 g/mol. The third-order valence-corrected chi connectivity index (χ3v) is 7.21. The topological polar surface area (TPSA) is 53.9 Å². The molecule has 0 radical (unpaired) electrons. The van der Waals surface area contributed by atoms with E-state index >= 15 is 0 Å². The van der Waals surface area contributed by atoms with Crippen molar-refractivity contribution in [1.82, 2.24) is 0 Å². The molecule has 1 fully saturated rings. The maximum atomic E-state index is 13.0. The number of sulfonamides is 1. The fourth-order valence-corrected chi connectivity index (χ4v) is 4.74. The molecule has 1 atom stereocenters. The zero-order valence-corrected chi connectivity index (χ0v) is 17.9. The number of hydrogen-bond acceptors (Lipinski definition) is 3. The molecule has 3 rings (SSSR count). The number of nitrogens with one attached hydrogen (secondary N) is 2. The molecule has 1 aliphatic heterocycles. The second kappa shape index (κ2) is 8.97. The van der Waals surface area contributed by atoms with Gasteiger partial charge in [0, 0.05) is 0 Å². The number of benzene rings is 2. The Labute approximate surface area is 169 Å². The van der Waals surface area contributed by atoms with Crippen LogP contribution < -0.4 is 14.5 Å². The van der Waals surface area contributed by atoms with Crippen molar-refractivity contribution in [3.63, 3.8) is 0 Å². The maximum absolute atomic E-state index is 13.0. The lowest BCUT2D eigenvalue weighted by Crippen LogP contribution is -3.14. The van der Waals surface area contributed by atoms with Crippen LogP contribution in [0.5, 0.6) is 0 Å². The van der Waals surface area contributed by atoms with Crippen LogP contribution in [0, 0.1) is 0 Å². The Morgan fingerprint density at radius 3 is 2.29 bits per heavy atom. The number of hydrogen-bond donors (Lipinski definition) is 2.